The quantitative estimate of drug-likeness (QED) is 0.663. The zero-order valence-corrected chi connectivity index (χ0v) is 12.2. The third-order valence-electron chi connectivity index (χ3n) is 3.70. The Hall–Kier alpha value is -2.28. The van der Waals surface area contributed by atoms with E-state index in [1.54, 1.807) is 4.90 Å². The zero-order valence-electron chi connectivity index (χ0n) is 12.2. The van der Waals surface area contributed by atoms with Gasteiger partial charge in [0.25, 0.3) is 0 Å². The van der Waals surface area contributed by atoms with Crippen LogP contribution in [0, 0.1) is 12.3 Å². The standard InChI is InChI=1S/C17H20N2O2/c1-3-5-9-12-19-15(13-10-7-6-8-11-13)16(20)18-14(4-2)17(19)21/h1,6-8,10-11,14-15H,4-5,9,12H2,2H3,(H,18,20). The molecule has 2 atom stereocenters. The van der Waals surface area contributed by atoms with Crippen molar-refractivity contribution in [3.05, 3.63) is 35.9 Å². The second-order valence-electron chi connectivity index (χ2n) is 5.12. The summed E-state index contributed by atoms with van der Waals surface area (Å²) in [6.45, 7) is 2.40. The van der Waals surface area contributed by atoms with Gasteiger partial charge in [-0.2, -0.15) is 0 Å². The number of piperazine rings is 1. The highest BCUT2D eigenvalue weighted by Gasteiger charge is 2.40. The van der Waals surface area contributed by atoms with Gasteiger partial charge in [-0.25, -0.2) is 0 Å². The molecule has 1 aliphatic rings. The van der Waals surface area contributed by atoms with Crippen LogP contribution in [0.4, 0.5) is 0 Å². The van der Waals surface area contributed by atoms with Crippen LogP contribution >= 0.6 is 0 Å². The molecule has 1 fully saturated rings. The fourth-order valence-corrected chi connectivity index (χ4v) is 2.62. The lowest BCUT2D eigenvalue weighted by Crippen LogP contribution is -2.59. The Morgan fingerprint density at radius 2 is 2.00 bits per heavy atom. The summed E-state index contributed by atoms with van der Waals surface area (Å²) in [5.74, 6) is 2.43. The molecule has 1 saturated heterocycles. The molecule has 1 N–H and O–H groups in total. The van der Waals surface area contributed by atoms with Crippen LogP contribution in [0.3, 0.4) is 0 Å². The van der Waals surface area contributed by atoms with E-state index in [4.69, 9.17) is 6.42 Å². The molecule has 4 heteroatoms. The van der Waals surface area contributed by atoms with E-state index in [2.05, 4.69) is 11.2 Å². The summed E-state index contributed by atoms with van der Waals surface area (Å²) in [6.07, 6.45) is 7.17. The van der Waals surface area contributed by atoms with Crippen LogP contribution < -0.4 is 5.32 Å². The van der Waals surface area contributed by atoms with Gasteiger partial charge in [-0.05, 0) is 18.4 Å². The second kappa shape index (κ2) is 6.94. The molecule has 0 bridgehead atoms. The van der Waals surface area contributed by atoms with Crippen molar-refractivity contribution >= 4 is 11.8 Å². The van der Waals surface area contributed by atoms with Crippen molar-refractivity contribution in [3.8, 4) is 12.3 Å². The maximum Gasteiger partial charge on any atom is 0.248 e. The molecule has 0 aromatic heterocycles. The van der Waals surface area contributed by atoms with Gasteiger partial charge in [0, 0.05) is 13.0 Å². The van der Waals surface area contributed by atoms with Crippen LogP contribution in [0.2, 0.25) is 0 Å². The van der Waals surface area contributed by atoms with Gasteiger partial charge in [0.05, 0.1) is 0 Å². The summed E-state index contributed by atoms with van der Waals surface area (Å²) >= 11 is 0. The van der Waals surface area contributed by atoms with E-state index < -0.39 is 12.1 Å². The minimum Gasteiger partial charge on any atom is -0.342 e. The molecule has 110 valence electrons. The first kappa shape index (κ1) is 15.1. The molecule has 1 aromatic carbocycles. The first-order valence-electron chi connectivity index (χ1n) is 7.28. The Morgan fingerprint density at radius 1 is 1.29 bits per heavy atom. The molecular formula is C17H20N2O2. The van der Waals surface area contributed by atoms with Crippen molar-refractivity contribution in [2.45, 2.75) is 38.3 Å². The SMILES string of the molecule is C#CCCCN1C(=O)C(CC)NC(=O)C1c1ccccc1. The van der Waals surface area contributed by atoms with Gasteiger partial charge in [0.15, 0.2) is 0 Å². The van der Waals surface area contributed by atoms with Gasteiger partial charge in [0.1, 0.15) is 12.1 Å². The van der Waals surface area contributed by atoms with E-state index in [-0.39, 0.29) is 11.8 Å². The molecule has 2 amide bonds. The molecule has 2 rings (SSSR count). The van der Waals surface area contributed by atoms with Crippen LogP contribution in [0.25, 0.3) is 0 Å². The molecule has 21 heavy (non-hydrogen) atoms. The highest BCUT2D eigenvalue weighted by atomic mass is 16.2. The van der Waals surface area contributed by atoms with E-state index in [0.29, 0.717) is 25.8 Å². The van der Waals surface area contributed by atoms with Crippen molar-refractivity contribution < 1.29 is 9.59 Å². The van der Waals surface area contributed by atoms with E-state index in [1.165, 1.54) is 0 Å². The lowest BCUT2D eigenvalue weighted by molar-refractivity contribution is -0.149. The smallest absolute Gasteiger partial charge is 0.248 e. The summed E-state index contributed by atoms with van der Waals surface area (Å²) in [6, 6.07) is 8.40. The van der Waals surface area contributed by atoms with Crippen molar-refractivity contribution in [2.75, 3.05) is 6.54 Å². The predicted octanol–water partition coefficient (Wildman–Crippen LogP) is 1.88. The minimum absolute atomic E-state index is 0.0250. The molecule has 0 aliphatic carbocycles. The first-order chi connectivity index (χ1) is 10.2. The number of hydrogen-bond acceptors (Lipinski definition) is 2. The molecule has 1 heterocycles. The average molecular weight is 284 g/mol. The number of carbonyl (C=O) groups excluding carboxylic acids is 2. The summed E-state index contributed by atoms with van der Waals surface area (Å²) in [5, 5.41) is 2.81. The summed E-state index contributed by atoms with van der Waals surface area (Å²) in [5.41, 5.74) is 0.832. The molecule has 0 radical (unpaired) electrons. The van der Waals surface area contributed by atoms with Crippen LogP contribution in [0.15, 0.2) is 30.3 Å². The number of carbonyl (C=O) groups is 2. The van der Waals surface area contributed by atoms with E-state index in [0.717, 1.165) is 5.56 Å². The monoisotopic (exact) mass is 284 g/mol. The fraction of sp³-hybridized carbons (Fsp3) is 0.412. The molecule has 4 nitrogen and oxygen atoms in total. The van der Waals surface area contributed by atoms with Crippen molar-refractivity contribution in [2.24, 2.45) is 0 Å². The number of amides is 2. The van der Waals surface area contributed by atoms with Crippen molar-refractivity contribution in [1.29, 1.82) is 0 Å². The highest BCUT2D eigenvalue weighted by molar-refractivity contribution is 5.97. The van der Waals surface area contributed by atoms with Gasteiger partial charge in [-0.1, -0.05) is 37.3 Å². The van der Waals surface area contributed by atoms with Gasteiger partial charge < -0.3 is 10.2 Å². The number of hydrogen-bond donors (Lipinski definition) is 1. The topological polar surface area (TPSA) is 49.4 Å². The summed E-state index contributed by atoms with van der Waals surface area (Å²) < 4.78 is 0. The predicted molar refractivity (Wildman–Crippen MR) is 81.2 cm³/mol. The normalized spacial score (nSPS) is 21.8. The number of rotatable bonds is 5. The van der Waals surface area contributed by atoms with E-state index in [9.17, 15) is 9.59 Å². The van der Waals surface area contributed by atoms with Crippen molar-refractivity contribution in [3.63, 3.8) is 0 Å². The Balaban J connectivity index is 2.28. The Labute approximate surface area is 125 Å². The number of terminal acetylenes is 1. The van der Waals surface area contributed by atoms with Gasteiger partial charge >= 0.3 is 0 Å². The summed E-state index contributed by atoms with van der Waals surface area (Å²) in [7, 11) is 0. The lowest BCUT2D eigenvalue weighted by atomic mass is 9.98. The average Bonchev–Trinajstić information content (AvgIpc) is 2.51. The molecule has 0 spiro atoms. The number of benzene rings is 1. The molecule has 0 saturated carbocycles. The first-order valence-corrected chi connectivity index (χ1v) is 7.28. The number of nitrogens with one attached hydrogen (secondary N) is 1. The minimum atomic E-state index is -0.556. The van der Waals surface area contributed by atoms with Crippen molar-refractivity contribution in [1.82, 2.24) is 10.2 Å². The molecule has 2 unspecified atom stereocenters. The maximum atomic E-state index is 12.5. The van der Waals surface area contributed by atoms with E-state index >= 15 is 0 Å². The van der Waals surface area contributed by atoms with Crippen LogP contribution in [0.1, 0.15) is 37.8 Å². The Morgan fingerprint density at radius 3 is 2.62 bits per heavy atom. The Kier molecular flexibility index (Phi) is 4.99. The fourth-order valence-electron chi connectivity index (χ4n) is 2.62. The summed E-state index contributed by atoms with van der Waals surface area (Å²) in [4.78, 5) is 26.6. The molecular weight excluding hydrogens is 264 g/mol. The number of nitrogens with zero attached hydrogens (tertiary/aromatic N) is 1. The maximum absolute atomic E-state index is 12.5. The highest BCUT2D eigenvalue weighted by Crippen LogP contribution is 2.26. The molecule has 1 aromatic rings. The molecule has 1 aliphatic heterocycles. The third-order valence-corrected chi connectivity index (χ3v) is 3.70. The third kappa shape index (κ3) is 3.25. The Bertz CT molecular complexity index is 548. The van der Waals surface area contributed by atoms with Gasteiger partial charge in [-0.15, -0.1) is 12.3 Å². The van der Waals surface area contributed by atoms with Gasteiger partial charge in [0.2, 0.25) is 11.8 Å². The van der Waals surface area contributed by atoms with Gasteiger partial charge in [-0.3, -0.25) is 9.59 Å². The van der Waals surface area contributed by atoms with E-state index in [1.807, 2.05) is 37.3 Å². The van der Waals surface area contributed by atoms with Crippen LogP contribution in [0.5, 0.6) is 0 Å². The lowest BCUT2D eigenvalue weighted by Gasteiger charge is -2.39. The van der Waals surface area contributed by atoms with Crippen LogP contribution in [-0.4, -0.2) is 29.3 Å². The van der Waals surface area contributed by atoms with Crippen LogP contribution in [-0.2, 0) is 9.59 Å². The number of unbranched alkanes of at least 4 members (excludes halogenated alkanes) is 1. The zero-order chi connectivity index (χ0) is 15.2. The largest absolute Gasteiger partial charge is 0.342 e. The second-order valence-corrected chi connectivity index (χ2v) is 5.12.